The number of benzene rings is 9. The van der Waals surface area contributed by atoms with Crippen molar-refractivity contribution in [2.45, 2.75) is 6.54 Å². The lowest BCUT2D eigenvalue weighted by molar-refractivity contribution is 1.06. The Bertz CT molecular complexity index is 3100. The molecule has 9 aromatic carbocycles. The van der Waals surface area contributed by atoms with Crippen LogP contribution in [0, 0.1) is 0 Å². The Hall–Kier alpha value is -7.46. The molecule has 0 bridgehead atoms. The first-order valence-electron chi connectivity index (χ1n) is 20.3. The predicted octanol–water partition coefficient (Wildman–Crippen LogP) is 15.5. The summed E-state index contributed by atoms with van der Waals surface area (Å²) < 4.78 is 2.50. The van der Waals surface area contributed by atoms with Crippen LogP contribution >= 0.6 is 11.3 Å². The molecule has 0 aliphatic rings. The summed E-state index contributed by atoms with van der Waals surface area (Å²) in [5.74, 6) is 0.691. The minimum atomic E-state index is 0.507. The predicted molar refractivity (Wildman–Crippen MR) is 257 cm³/mol. The van der Waals surface area contributed by atoms with Gasteiger partial charge in [0.2, 0.25) is 0 Å². The van der Waals surface area contributed by atoms with Gasteiger partial charge < -0.3 is 0 Å². The summed E-state index contributed by atoms with van der Waals surface area (Å²) in [6.45, 7) is 0.507. The SMILES string of the molecule is C(=NC(=NCc1ccc(-c2ccccc2)cc1)c1ccc(-c2ccccc2)cc1)c1ccc(-c2ccccc2)c2sc3c(-c4ccccc4)cc(-c4ccccc4)cc3c12. The van der Waals surface area contributed by atoms with Crippen LogP contribution in [0.3, 0.4) is 0 Å². The van der Waals surface area contributed by atoms with E-state index in [1.54, 1.807) is 0 Å². The molecule has 0 N–H and O–H groups in total. The highest BCUT2D eigenvalue weighted by atomic mass is 32.1. The monoisotopic (exact) mass is 784 g/mol. The first-order chi connectivity index (χ1) is 29.7. The van der Waals surface area contributed by atoms with Gasteiger partial charge in [-0.05, 0) is 67.8 Å². The standard InChI is InChI=1S/C57H40N2S/c1-6-16-41(17-7-1)44-28-26-40(27-29-44)38-58-57(48-32-30-45(31-33-48)42-18-8-2-9-19-42)59-39-49-34-35-51(46-22-12-4-13-23-46)56-54(49)53-37-50(43-20-10-3-11-21-43)36-52(55(53)60-56)47-24-14-5-15-25-47/h1-37,39H,38H2. The molecule has 284 valence electrons. The molecule has 0 aliphatic heterocycles. The zero-order chi connectivity index (χ0) is 40.1. The average Bonchev–Trinajstić information content (AvgIpc) is 3.73. The summed E-state index contributed by atoms with van der Waals surface area (Å²) >= 11 is 1.87. The lowest BCUT2D eigenvalue weighted by Gasteiger charge is -2.10. The van der Waals surface area contributed by atoms with Crippen LogP contribution in [-0.2, 0) is 6.54 Å². The van der Waals surface area contributed by atoms with E-state index in [2.05, 4.69) is 224 Å². The topological polar surface area (TPSA) is 24.7 Å². The fraction of sp³-hybridized carbons (Fsp3) is 0.0175. The third-order valence-electron chi connectivity index (χ3n) is 11.1. The highest BCUT2D eigenvalue weighted by Gasteiger charge is 2.19. The Kier molecular flexibility index (Phi) is 10.3. The van der Waals surface area contributed by atoms with Gasteiger partial charge in [0.25, 0.3) is 0 Å². The number of nitrogens with zero attached hydrogens (tertiary/aromatic N) is 2. The van der Waals surface area contributed by atoms with Crippen molar-refractivity contribution in [2.75, 3.05) is 0 Å². The van der Waals surface area contributed by atoms with Crippen LogP contribution in [0.2, 0.25) is 0 Å². The van der Waals surface area contributed by atoms with E-state index in [9.17, 15) is 0 Å². The second-order valence-corrected chi connectivity index (χ2v) is 15.9. The molecule has 0 amide bonds. The minimum absolute atomic E-state index is 0.507. The van der Waals surface area contributed by atoms with Crippen LogP contribution in [0.1, 0.15) is 16.7 Å². The van der Waals surface area contributed by atoms with Crippen molar-refractivity contribution < 1.29 is 0 Å². The van der Waals surface area contributed by atoms with Gasteiger partial charge in [-0.3, -0.25) is 4.99 Å². The number of fused-ring (bicyclic) bond motifs is 3. The molecule has 0 saturated heterocycles. The number of amidine groups is 1. The van der Waals surface area contributed by atoms with E-state index in [0.717, 1.165) is 22.3 Å². The van der Waals surface area contributed by atoms with Crippen molar-refractivity contribution in [3.63, 3.8) is 0 Å². The van der Waals surface area contributed by atoms with Gasteiger partial charge in [-0.1, -0.05) is 212 Å². The van der Waals surface area contributed by atoms with Crippen LogP contribution in [0.5, 0.6) is 0 Å². The fourth-order valence-electron chi connectivity index (χ4n) is 7.97. The molecule has 0 fully saturated rings. The molecule has 10 rings (SSSR count). The molecule has 60 heavy (non-hydrogen) atoms. The molecular weight excluding hydrogens is 745 g/mol. The quantitative estimate of drug-likeness (QED) is 0.103. The molecular formula is C57H40N2S. The minimum Gasteiger partial charge on any atom is -0.261 e. The maximum absolute atomic E-state index is 5.28. The van der Waals surface area contributed by atoms with Crippen molar-refractivity contribution >= 4 is 43.6 Å². The van der Waals surface area contributed by atoms with E-state index in [1.165, 1.54) is 70.2 Å². The van der Waals surface area contributed by atoms with Crippen LogP contribution in [0.25, 0.3) is 75.8 Å². The summed E-state index contributed by atoms with van der Waals surface area (Å²) in [6.07, 6.45) is 2.03. The van der Waals surface area contributed by atoms with Crippen molar-refractivity contribution in [1.29, 1.82) is 0 Å². The highest BCUT2D eigenvalue weighted by molar-refractivity contribution is 7.27. The van der Waals surface area contributed by atoms with Crippen LogP contribution < -0.4 is 0 Å². The molecule has 0 spiro atoms. The largest absolute Gasteiger partial charge is 0.261 e. The van der Waals surface area contributed by atoms with Crippen LogP contribution in [0.15, 0.2) is 234 Å². The van der Waals surface area contributed by atoms with E-state index in [-0.39, 0.29) is 0 Å². The molecule has 1 heterocycles. The summed E-state index contributed by atoms with van der Waals surface area (Å²) in [4.78, 5) is 10.5. The molecule has 0 aliphatic carbocycles. The molecule has 0 radical (unpaired) electrons. The maximum Gasteiger partial charge on any atom is 0.154 e. The van der Waals surface area contributed by atoms with Gasteiger partial charge in [0.1, 0.15) is 0 Å². The highest BCUT2D eigenvalue weighted by Crippen LogP contribution is 2.47. The number of thiophene rings is 1. The van der Waals surface area contributed by atoms with Gasteiger partial charge in [0.05, 0.1) is 6.54 Å². The van der Waals surface area contributed by atoms with Crippen LogP contribution in [-0.4, -0.2) is 12.1 Å². The normalized spacial score (nSPS) is 11.8. The second kappa shape index (κ2) is 16.8. The molecule has 0 atom stereocenters. The molecule has 3 heteroatoms. The van der Waals surface area contributed by atoms with Crippen LogP contribution in [0.4, 0.5) is 0 Å². The van der Waals surface area contributed by atoms with Gasteiger partial charge in [0, 0.05) is 43.1 Å². The van der Waals surface area contributed by atoms with E-state index in [0.29, 0.717) is 12.4 Å². The summed E-state index contributed by atoms with van der Waals surface area (Å²) in [7, 11) is 0. The molecule has 2 nitrogen and oxygen atoms in total. The van der Waals surface area contributed by atoms with Gasteiger partial charge in [0.15, 0.2) is 5.84 Å². The Morgan fingerprint density at radius 1 is 0.400 bits per heavy atom. The van der Waals surface area contributed by atoms with E-state index in [1.807, 2.05) is 17.6 Å². The third kappa shape index (κ3) is 7.63. The summed E-state index contributed by atoms with van der Waals surface area (Å²) in [5.41, 5.74) is 15.1. The lowest BCUT2D eigenvalue weighted by Crippen LogP contribution is -2.00. The third-order valence-corrected chi connectivity index (χ3v) is 12.3. The zero-order valence-electron chi connectivity index (χ0n) is 32.9. The van der Waals surface area contributed by atoms with Gasteiger partial charge in [-0.15, -0.1) is 11.3 Å². The van der Waals surface area contributed by atoms with E-state index >= 15 is 0 Å². The molecule has 0 unspecified atom stereocenters. The van der Waals surface area contributed by atoms with E-state index < -0.39 is 0 Å². The maximum atomic E-state index is 5.28. The second-order valence-electron chi connectivity index (χ2n) is 14.9. The van der Waals surface area contributed by atoms with Crippen molar-refractivity contribution in [3.05, 3.63) is 241 Å². The van der Waals surface area contributed by atoms with E-state index in [4.69, 9.17) is 9.98 Å². The number of rotatable bonds is 9. The lowest BCUT2D eigenvalue weighted by atomic mass is 9.94. The first-order valence-corrected chi connectivity index (χ1v) is 21.2. The number of hydrogen-bond acceptors (Lipinski definition) is 2. The zero-order valence-corrected chi connectivity index (χ0v) is 33.8. The molecule has 10 aromatic rings. The summed E-state index contributed by atoms with van der Waals surface area (Å²) in [5, 5.41) is 2.42. The first kappa shape index (κ1) is 36.9. The van der Waals surface area contributed by atoms with Gasteiger partial charge in [-0.2, -0.15) is 0 Å². The number of aliphatic imine (C=N–C) groups is 2. The molecule has 1 aromatic heterocycles. The Morgan fingerprint density at radius 2 is 0.867 bits per heavy atom. The number of hydrogen-bond donors (Lipinski definition) is 0. The molecule has 0 saturated carbocycles. The van der Waals surface area contributed by atoms with Crippen molar-refractivity contribution in [3.8, 4) is 55.6 Å². The average molecular weight is 785 g/mol. The Balaban J connectivity index is 1.13. The summed E-state index contributed by atoms with van der Waals surface area (Å²) in [6, 6.07) is 79.7. The Labute approximate surface area is 355 Å². The van der Waals surface area contributed by atoms with Crippen molar-refractivity contribution in [2.24, 2.45) is 9.98 Å². The van der Waals surface area contributed by atoms with Crippen molar-refractivity contribution in [1.82, 2.24) is 0 Å². The fourth-order valence-corrected chi connectivity index (χ4v) is 9.36. The van der Waals surface area contributed by atoms with Gasteiger partial charge in [-0.25, -0.2) is 4.99 Å². The Morgan fingerprint density at radius 3 is 1.42 bits per heavy atom. The smallest absolute Gasteiger partial charge is 0.154 e. The van der Waals surface area contributed by atoms with Gasteiger partial charge >= 0.3 is 0 Å².